The minimum atomic E-state index is -1.03. The summed E-state index contributed by atoms with van der Waals surface area (Å²) in [6.07, 6.45) is 0.0678. The summed E-state index contributed by atoms with van der Waals surface area (Å²) in [5, 5.41) is 9.00. The summed E-state index contributed by atoms with van der Waals surface area (Å²) in [5.41, 5.74) is 8.77. The quantitative estimate of drug-likeness (QED) is 0.796. The van der Waals surface area contributed by atoms with Gasteiger partial charge in [-0.2, -0.15) is 0 Å². The van der Waals surface area contributed by atoms with Crippen LogP contribution in [0.2, 0.25) is 0 Å². The molecule has 24 heavy (non-hydrogen) atoms. The Hall–Kier alpha value is -2.66. The highest BCUT2D eigenvalue weighted by atomic mass is 16.5. The molecule has 0 aliphatic rings. The minimum Gasteiger partial charge on any atom is -0.480 e. The Labute approximate surface area is 141 Å². The molecule has 2 aromatic rings. The molecule has 0 heterocycles. The van der Waals surface area contributed by atoms with Crippen LogP contribution in [0.3, 0.4) is 0 Å². The number of ether oxygens (including phenoxy) is 1. The van der Waals surface area contributed by atoms with Crippen LogP contribution in [0.15, 0.2) is 48.5 Å². The van der Waals surface area contributed by atoms with Gasteiger partial charge in [-0.15, -0.1) is 0 Å². The second-order valence-corrected chi connectivity index (χ2v) is 5.84. The van der Waals surface area contributed by atoms with E-state index < -0.39 is 12.0 Å². The number of carboxylic acids is 1. The lowest BCUT2D eigenvalue weighted by molar-refractivity contribution is -0.138. The Balaban J connectivity index is 2.26. The fraction of sp³-hybridized carbons (Fsp3) is 0.263. The standard InChI is InChI=1S/C19H21NO4/c1-12(2)24-19(23)14-9-7-13(8-10-14)16-6-4-3-5-15(16)11-17(20)18(21)22/h3-10,12,17H,11,20H2,1-2H3,(H,21,22). The van der Waals surface area contributed by atoms with Gasteiger partial charge in [-0.3, -0.25) is 4.79 Å². The van der Waals surface area contributed by atoms with E-state index in [4.69, 9.17) is 15.6 Å². The number of nitrogens with two attached hydrogens (primary N) is 1. The van der Waals surface area contributed by atoms with Crippen LogP contribution in [-0.4, -0.2) is 29.2 Å². The maximum atomic E-state index is 11.9. The SMILES string of the molecule is CC(C)OC(=O)c1ccc(-c2ccccc2CC(N)C(=O)O)cc1. The number of carbonyl (C=O) groups excluding carboxylic acids is 1. The third kappa shape index (κ3) is 4.43. The van der Waals surface area contributed by atoms with Crippen LogP contribution in [-0.2, 0) is 16.0 Å². The first kappa shape index (κ1) is 17.7. The molecule has 0 aliphatic heterocycles. The molecule has 0 aliphatic carbocycles. The average Bonchev–Trinajstić information content (AvgIpc) is 2.54. The molecule has 5 heteroatoms. The topological polar surface area (TPSA) is 89.6 Å². The van der Waals surface area contributed by atoms with Crippen LogP contribution < -0.4 is 5.73 Å². The molecule has 3 N–H and O–H groups in total. The molecule has 126 valence electrons. The van der Waals surface area contributed by atoms with Crippen molar-refractivity contribution in [3.05, 3.63) is 59.7 Å². The molecule has 2 aromatic carbocycles. The van der Waals surface area contributed by atoms with Crippen LogP contribution in [0.1, 0.15) is 29.8 Å². The molecule has 0 radical (unpaired) electrons. The molecular formula is C19H21NO4. The van der Waals surface area contributed by atoms with Crippen LogP contribution in [0.25, 0.3) is 11.1 Å². The first-order valence-corrected chi connectivity index (χ1v) is 7.76. The predicted molar refractivity (Wildman–Crippen MR) is 91.7 cm³/mol. The molecule has 0 aromatic heterocycles. The van der Waals surface area contributed by atoms with E-state index >= 15 is 0 Å². The predicted octanol–water partition coefficient (Wildman–Crippen LogP) is 2.87. The van der Waals surface area contributed by atoms with Crippen LogP contribution >= 0.6 is 0 Å². The summed E-state index contributed by atoms with van der Waals surface area (Å²) in [5.74, 6) is -1.39. The van der Waals surface area contributed by atoms with Crippen molar-refractivity contribution in [1.82, 2.24) is 0 Å². The fourth-order valence-corrected chi connectivity index (χ4v) is 2.37. The van der Waals surface area contributed by atoms with Gasteiger partial charge >= 0.3 is 11.9 Å². The Morgan fingerprint density at radius 1 is 1.08 bits per heavy atom. The molecular weight excluding hydrogens is 306 g/mol. The number of carboxylic acid groups (broad SMARTS) is 1. The number of carbonyl (C=O) groups is 2. The maximum absolute atomic E-state index is 11.9. The van der Waals surface area contributed by atoms with E-state index in [-0.39, 0.29) is 18.5 Å². The summed E-state index contributed by atoms with van der Waals surface area (Å²) in [7, 11) is 0. The lowest BCUT2D eigenvalue weighted by Crippen LogP contribution is -2.32. The van der Waals surface area contributed by atoms with Gasteiger partial charge in [-0.1, -0.05) is 36.4 Å². The fourth-order valence-electron chi connectivity index (χ4n) is 2.37. The molecule has 0 saturated heterocycles. The van der Waals surface area contributed by atoms with Gasteiger partial charge in [-0.05, 0) is 49.1 Å². The first-order chi connectivity index (χ1) is 11.4. The van der Waals surface area contributed by atoms with Gasteiger partial charge in [0.15, 0.2) is 0 Å². The highest BCUT2D eigenvalue weighted by Crippen LogP contribution is 2.25. The van der Waals surface area contributed by atoms with Gasteiger partial charge in [-0.25, -0.2) is 4.79 Å². The molecule has 0 spiro atoms. The number of benzene rings is 2. The number of aliphatic carboxylic acids is 1. The molecule has 0 amide bonds. The van der Waals surface area contributed by atoms with Gasteiger partial charge in [0.1, 0.15) is 6.04 Å². The van der Waals surface area contributed by atoms with Gasteiger partial charge in [0.05, 0.1) is 11.7 Å². The lowest BCUT2D eigenvalue weighted by atomic mass is 9.95. The molecule has 1 unspecified atom stereocenters. The van der Waals surface area contributed by atoms with Crippen molar-refractivity contribution in [3.63, 3.8) is 0 Å². The van der Waals surface area contributed by atoms with E-state index in [1.165, 1.54) is 0 Å². The second kappa shape index (κ2) is 7.75. The minimum absolute atomic E-state index is 0.171. The van der Waals surface area contributed by atoms with Crippen LogP contribution in [0.4, 0.5) is 0 Å². The molecule has 0 bridgehead atoms. The van der Waals surface area contributed by atoms with Crippen molar-refractivity contribution in [3.8, 4) is 11.1 Å². The molecule has 1 atom stereocenters. The van der Waals surface area contributed by atoms with Crippen molar-refractivity contribution in [1.29, 1.82) is 0 Å². The largest absolute Gasteiger partial charge is 0.480 e. The van der Waals surface area contributed by atoms with Gasteiger partial charge in [0.25, 0.3) is 0 Å². The summed E-state index contributed by atoms with van der Waals surface area (Å²) in [4.78, 5) is 22.9. The van der Waals surface area contributed by atoms with Crippen molar-refractivity contribution < 1.29 is 19.4 Å². The van der Waals surface area contributed by atoms with E-state index in [1.807, 2.05) is 36.4 Å². The summed E-state index contributed by atoms with van der Waals surface area (Å²) in [6.45, 7) is 3.60. The van der Waals surface area contributed by atoms with Gasteiger partial charge in [0, 0.05) is 0 Å². The van der Waals surface area contributed by atoms with E-state index in [1.54, 1.807) is 26.0 Å². The van der Waals surface area contributed by atoms with Crippen molar-refractivity contribution >= 4 is 11.9 Å². The van der Waals surface area contributed by atoms with Gasteiger partial charge < -0.3 is 15.6 Å². The van der Waals surface area contributed by atoms with Crippen molar-refractivity contribution in [2.24, 2.45) is 5.73 Å². The van der Waals surface area contributed by atoms with Crippen molar-refractivity contribution in [2.75, 3.05) is 0 Å². The smallest absolute Gasteiger partial charge is 0.338 e. The molecule has 0 fully saturated rings. The zero-order valence-electron chi connectivity index (χ0n) is 13.7. The van der Waals surface area contributed by atoms with E-state index in [0.717, 1.165) is 16.7 Å². The molecule has 0 saturated carbocycles. The maximum Gasteiger partial charge on any atom is 0.338 e. The van der Waals surface area contributed by atoms with Crippen LogP contribution in [0, 0.1) is 0 Å². The third-order valence-electron chi connectivity index (χ3n) is 3.55. The first-order valence-electron chi connectivity index (χ1n) is 7.76. The zero-order valence-corrected chi connectivity index (χ0v) is 13.7. The number of esters is 1. The second-order valence-electron chi connectivity index (χ2n) is 5.84. The number of hydrogen-bond acceptors (Lipinski definition) is 4. The Morgan fingerprint density at radius 3 is 2.29 bits per heavy atom. The van der Waals surface area contributed by atoms with Gasteiger partial charge in [0.2, 0.25) is 0 Å². The van der Waals surface area contributed by atoms with E-state index in [2.05, 4.69) is 0 Å². The Bertz CT molecular complexity index is 722. The molecule has 5 nitrogen and oxygen atoms in total. The Morgan fingerprint density at radius 2 is 1.71 bits per heavy atom. The van der Waals surface area contributed by atoms with E-state index in [0.29, 0.717) is 5.56 Å². The number of hydrogen-bond donors (Lipinski definition) is 2. The lowest BCUT2D eigenvalue weighted by Gasteiger charge is -2.13. The highest BCUT2D eigenvalue weighted by Gasteiger charge is 2.15. The van der Waals surface area contributed by atoms with Crippen molar-refractivity contribution in [2.45, 2.75) is 32.4 Å². The van der Waals surface area contributed by atoms with E-state index in [9.17, 15) is 9.59 Å². The normalized spacial score (nSPS) is 12.0. The Kier molecular flexibility index (Phi) is 5.71. The average molecular weight is 327 g/mol. The zero-order chi connectivity index (χ0) is 17.7. The monoisotopic (exact) mass is 327 g/mol. The highest BCUT2D eigenvalue weighted by molar-refractivity contribution is 5.90. The summed E-state index contributed by atoms with van der Waals surface area (Å²) in [6, 6.07) is 13.6. The summed E-state index contributed by atoms with van der Waals surface area (Å²) >= 11 is 0. The third-order valence-corrected chi connectivity index (χ3v) is 3.55. The number of rotatable bonds is 6. The molecule has 2 rings (SSSR count). The summed E-state index contributed by atoms with van der Waals surface area (Å²) < 4.78 is 5.16. The van der Waals surface area contributed by atoms with Crippen LogP contribution in [0.5, 0.6) is 0 Å².